The van der Waals surface area contributed by atoms with Crippen LogP contribution in [0.25, 0.3) is 5.82 Å². The molecule has 1 aromatic carbocycles. The van der Waals surface area contributed by atoms with Crippen LogP contribution in [0.15, 0.2) is 66.3 Å². The maximum absolute atomic E-state index is 13.5. The number of aliphatic imine (C=N–C) groups is 1. The second kappa shape index (κ2) is 10.3. The number of hydrogen-bond acceptors (Lipinski definition) is 3. The molecule has 0 aliphatic rings. The number of halogens is 2. The third kappa shape index (κ3) is 6.25. The summed E-state index contributed by atoms with van der Waals surface area (Å²) in [6.07, 6.45) is 7.11. The van der Waals surface area contributed by atoms with Gasteiger partial charge in [0, 0.05) is 44.1 Å². The molecule has 0 radical (unpaired) electrons. The smallest absolute Gasteiger partial charge is 0.191 e. The number of aromatic nitrogens is 3. The number of imidazole rings is 1. The quantitative estimate of drug-likeness (QED) is 0.303. The van der Waals surface area contributed by atoms with Crippen LogP contribution in [-0.4, -0.2) is 34.1 Å². The molecule has 154 valence electrons. The molecular formula is C21H26FIN6. The van der Waals surface area contributed by atoms with E-state index < -0.39 is 0 Å². The molecule has 3 aromatic rings. The van der Waals surface area contributed by atoms with Gasteiger partial charge >= 0.3 is 0 Å². The summed E-state index contributed by atoms with van der Waals surface area (Å²) in [5.41, 5.74) is 1.74. The highest BCUT2D eigenvalue weighted by atomic mass is 127. The Morgan fingerprint density at radius 1 is 1.21 bits per heavy atom. The Morgan fingerprint density at radius 3 is 2.66 bits per heavy atom. The second-order valence-corrected chi connectivity index (χ2v) is 7.17. The van der Waals surface area contributed by atoms with Crippen molar-refractivity contribution in [2.75, 3.05) is 13.6 Å². The highest BCUT2D eigenvalue weighted by Gasteiger charge is 2.21. The van der Waals surface area contributed by atoms with Gasteiger partial charge in [0.05, 0.1) is 0 Å². The molecule has 29 heavy (non-hydrogen) atoms. The highest BCUT2D eigenvalue weighted by Crippen LogP contribution is 2.22. The Bertz CT molecular complexity index is 923. The van der Waals surface area contributed by atoms with Crippen LogP contribution in [0.1, 0.15) is 25.0 Å². The molecule has 6 nitrogen and oxygen atoms in total. The minimum Gasteiger partial charge on any atom is -0.356 e. The molecule has 0 saturated heterocycles. The molecule has 0 bridgehead atoms. The van der Waals surface area contributed by atoms with Crippen LogP contribution in [0, 0.1) is 5.82 Å². The topological polar surface area (TPSA) is 67.1 Å². The minimum atomic E-state index is -0.242. The number of pyridine rings is 1. The number of guanidine groups is 1. The fourth-order valence-electron chi connectivity index (χ4n) is 2.79. The van der Waals surface area contributed by atoms with Gasteiger partial charge in [0.1, 0.15) is 18.0 Å². The van der Waals surface area contributed by atoms with Crippen LogP contribution < -0.4 is 10.6 Å². The lowest BCUT2D eigenvalue weighted by Gasteiger charge is -2.27. The summed E-state index contributed by atoms with van der Waals surface area (Å²) < 4.78 is 15.4. The zero-order chi connectivity index (χ0) is 20.0. The Morgan fingerprint density at radius 2 is 2.03 bits per heavy atom. The molecule has 0 spiro atoms. The average molecular weight is 508 g/mol. The van der Waals surface area contributed by atoms with E-state index in [2.05, 4.69) is 39.4 Å². The number of rotatable bonds is 6. The van der Waals surface area contributed by atoms with E-state index >= 15 is 0 Å². The van der Waals surface area contributed by atoms with Crippen molar-refractivity contribution in [1.82, 2.24) is 25.2 Å². The fourth-order valence-corrected chi connectivity index (χ4v) is 2.79. The summed E-state index contributed by atoms with van der Waals surface area (Å²) in [6.45, 7) is 5.35. The van der Waals surface area contributed by atoms with Crippen LogP contribution >= 0.6 is 24.0 Å². The molecule has 8 heteroatoms. The molecule has 2 heterocycles. The third-order valence-corrected chi connectivity index (χ3v) is 4.57. The van der Waals surface area contributed by atoms with E-state index in [-0.39, 0.29) is 35.2 Å². The summed E-state index contributed by atoms with van der Waals surface area (Å²) in [5, 5.41) is 6.60. The summed E-state index contributed by atoms with van der Waals surface area (Å²) >= 11 is 0. The van der Waals surface area contributed by atoms with Crippen LogP contribution in [0.2, 0.25) is 0 Å². The Labute approximate surface area is 187 Å². The normalized spacial score (nSPS) is 11.7. The third-order valence-electron chi connectivity index (χ3n) is 4.57. The van der Waals surface area contributed by atoms with Gasteiger partial charge in [0.2, 0.25) is 0 Å². The molecule has 0 aliphatic heterocycles. The van der Waals surface area contributed by atoms with E-state index in [0.29, 0.717) is 19.0 Å². The lowest BCUT2D eigenvalue weighted by molar-refractivity contribution is 0.503. The van der Waals surface area contributed by atoms with Crippen LogP contribution in [0.4, 0.5) is 4.39 Å². The van der Waals surface area contributed by atoms with Crippen molar-refractivity contribution >= 4 is 29.9 Å². The largest absolute Gasteiger partial charge is 0.356 e. The zero-order valence-electron chi connectivity index (χ0n) is 16.8. The summed E-state index contributed by atoms with van der Waals surface area (Å²) in [5.74, 6) is 1.28. The maximum atomic E-state index is 13.5. The molecule has 0 unspecified atom stereocenters. The van der Waals surface area contributed by atoms with Crippen molar-refractivity contribution < 1.29 is 4.39 Å². The van der Waals surface area contributed by atoms with Crippen molar-refractivity contribution in [3.8, 4) is 5.82 Å². The van der Waals surface area contributed by atoms with E-state index in [1.807, 2.05) is 35.2 Å². The molecule has 0 amide bonds. The monoisotopic (exact) mass is 508 g/mol. The lowest BCUT2D eigenvalue weighted by Crippen LogP contribution is -2.43. The standard InChI is InChI=1S/C21H25FN6.HI/c1-21(2,17-5-4-6-18(22)11-17)14-27-20(23-3)26-13-16-7-8-19(25-12-16)28-10-9-24-15-28;/h4-12,15H,13-14H2,1-3H3,(H2,23,26,27);1H. The van der Waals surface area contributed by atoms with Gasteiger partial charge in [-0.15, -0.1) is 24.0 Å². The van der Waals surface area contributed by atoms with E-state index in [4.69, 9.17) is 0 Å². The highest BCUT2D eigenvalue weighted by molar-refractivity contribution is 14.0. The summed E-state index contributed by atoms with van der Waals surface area (Å²) in [7, 11) is 1.73. The Kier molecular flexibility index (Phi) is 8.12. The molecule has 2 N–H and O–H groups in total. The van der Waals surface area contributed by atoms with Gasteiger partial charge in [-0.25, -0.2) is 14.4 Å². The van der Waals surface area contributed by atoms with Gasteiger partial charge in [0.15, 0.2) is 5.96 Å². The van der Waals surface area contributed by atoms with Gasteiger partial charge in [0.25, 0.3) is 0 Å². The van der Waals surface area contributed by atoms with E-state index in [1.165, 1.54) is 6.07 Å². The zero-order valence-corrected chi connectivity index (χ0v) is 19.1. The van der Waals surface area contributed by atoms with Gasteiger partial charge in [-0.2, -0.15) is 0 Å². The van der Waals surface area contributed by atoms with Gasteiger partial charge in [-0.05, 0) is 29.3 Å². The first kappa shape index (κ1) is 22.8. The Hall–Kier alpha value is -2.49. The van der Waals surface area contributed by atoms with Crippen LogP contribution in [0.5, 0.6) is 0 Å². The maximum Gasteiger partial charge on any atom is 0.191 e. The molecule has 0 fully saturated rings. The summed E-state index contributed by atoms with van der Waals surface area (Å²) in [4.78, 5) is 12.7. The van der Waals surface area contributed by atoms with E-state index in [1.54, 1.807) is 31.7 Å². The molecule has 3 rings (SSSR count). The van der Waals surface area contributed by atoms with Gasteiger partial charge in [-0.3, -0.25) is 9.56 Å². The predicted octanol–water partition coefficient (Wildman–Crippen LogP) is 3.67. The molecule has 2 aromatic heterocycles. The first-order chi connectivity index (χ1) is 13.5. The molecule has 0 aliphatic carbocycles. The fraction of sp³-hybridized carbons (Fsp3) is 0.286. The number of nitrogens with zero attached hydrogens (tertiary/aromatic N) is 4. The first-order valence-corrected chi connectivity index (χ1v) is 9.12. The summed E-state index contributed by atoms with van der Waals surface area (Å²) in [6, 6.07) is 10.7. The second-order valence-electron chi connectivity index (χ2n) is 7.17. The lowest BCUT2D eigenvalue weighted by atomic mass is 9.84. The Balaban J connectivity index is 0.00000300. The molecule has 0 atom stereocenters. The van der Waals surface area contributed by atoms with Crippen molar-refractivity contribution in [2.45, 2.75) is 25.8 Å². The predicted molar refractivity (Wildman–Crippen MR) is 124 cm³/mol. The van der Waals surface area contributed by atoms with Crippen molar-refractivity contribution in [1.29, 1.82) is 0 Å². The number of nitrogens with one attached hydrogen (secondary N) is 2. The van der Waals surface area contributed by atoms with Crippen molar-refractivity contribution in [3.63, 3.8) is 0 Å². The van der Waals surface area contributed by atoms with Gasteiger partial charge < -0.3 is 10.6 Å². The molecule has 0 saturated carbocycles. The van der Waals surface area contributed by atoms with E-state index in [9.17, 15) is 4.39 Å². The van der Waals surface area contributed by atoms with Crippen LogP contribution in [0.3, 0.4) is 0 Å². The van der Waals surface area contributed by atoms with Crippen LogP contribution in [-0.2, 0) is 12.0 Å². The van der Waals surface area contributed by atoms with E-state index in [0.717, 1.165) is 16.9 Å². The minimum absolute atomic E-state index is 0. The van der Waals surface area contributed by atoms with Crippen molar-refractivity contribution in [3.05, 3.63) is 78.3 Å². The number of hydrogen-bond donors (Lipinski definition) is 2. The number of benzene rings is 1. The SMILES string of the molecule is CN=C(NCc1ccc(-n2ccnc2)nc1)NCC(C)(C)c1cccc(F)c1.I. The van der Waals surface area contributed by atoms with Gasteiger partial charge in [-0.1, -0.05) is 32.0 Å². The van der Waals surface area contributed by atoms with Crippen molar-refractivity contribution in [2.24, 2.45) is 4.99 Å². The first-order valence-electron chi connectivity index (χ1n) is 9.12. The average Bonchev–Trinajstić information content (AvgIpc) is 3.23. The molecular weight excluding hydrogens is 482 g/mol.